The Hall–Kier alpha value is -1.27. The van der Waals surface area contributed by atoms with Gasteiger partial charge in [-0.2, -0.15) is 0 Å². The Labute approximate surface area is 141 Å². The summed E-state index contributed by atoms with van der Waals surface area (Å²) in [6.45, 7) is 4.53. The molecule has 4 nitrogen and oxygen atoms in total. The van der Waals surface area contributed by atoms with Crippen molar-refractivity contribution in [2.75, 3.05) is 19.7 Å². The van der Waals surface area contributed by atoms with Gasteiger partial charge in [0.2, 0.25) is 0 Å². The molecular weight excluding hydrogens is 308 g/mol. The van der Waals surface area contributed by atoms with Crippen molar-refractivity contribution < 1.29 is 9.47 Å². The maximum atomic E-state index is 6.17. The third kappa shape index (κ3) is 3.63. The van der Waals surface area contributed by atoms with Gasteiger partial charge in [0, 0.05) is 43.3 Å². The van der Waals surface area contributed by atoms with Crippen LogP contribution in [0.25, 0.3) is 0 Å². The number of hydrogen-bond acceptors (Lipinski definition) is 5. The molecule has 5 heteroatoms. The molecule has 2 aromatic heterocycles. The van der Waals surface area contributed by atoms with Gasteiger partial charge >= 0.3 is 0 Å². The van der Waals surface area contributed by atoms with Crippen LogP contribution < -0.4 is 0 Å². The lowest BCUT2D eigenvalue weighted by molar-refractivity contribution is -0.000410. The molecule has 0 amide bonds. The van der Waals surface area contributed by atoms with Gasteiger partial charge in [-0.05, 0) is 29.5 Å². The maximum Gasteiger partial charge on any atom is 0.0847 e. The van der Waals surface area contributed by atoms with Crippen molar-refractivity contribution in [3.8, 4) is 0 Å². The Morgan fingerprint density at radius 1 is 1.39 bits per heavy atom. The minimum absolute atomic E-state index is 0.0108. The lowest BCUT2D eigenvalue weighted by Crippen LogP contribution is -2.32. The summed E-state index contributed by atoms with van der Waals surface area (Å²) in [6.07, 6.45) is 5.98. The molecule has 2 aliphatic heterocycles. The zero-order valence-electron chi connectivity index (χ0n) is 13.2. The highest BCUT2D eigenvalue weighted by Crippen LogP contribution is 2.37. The number of likely N-dealkylation sites (tertiary alicyclic amines) is 1. The van der Waals surface area contributed by atoms with E-state index < -0.39 is 0 Å². The van der Waals surface area contributed by atoms with Crippen LogP contribution >= 0.6 is 11.3 Å². The predicted molar refractivity (Wildman–Crippen MR) is 90.3 cm³/mol. The van der Waals surface area contributed by atoms with Crippen LogP contribution in [0.4, 0.5) is 0 Å². The molecule has 122 valence electrons. The molecule has 2 aromatic rings. The molecule has 0 unspecified atom stereocenters. The smallest absolute Gasteiger partial charge is 0.0847 e. The maximum absolute atomic E-state index is 6.17. The third-order valence-corrected chi connectivity index (χ3v) is 5.60. The van der Waals surface area contributed by atoms with Gasteiger partial charge in [-0.25, -0.2) is 0 Å². The lowest BCUT2D eigenvalue weighted by atomic mass is 9.98. The molecule has 2 atom stereocenters. The van der Waals surface area contributed by atoms with Gasteiger partial charge < -0.3 is 9.47 Å². The van der Waals surface area contributed by atoms with E-state index in [4.69, 9.17) is 9.47 Å². The fraction of sp³-hybridized carbons (Fsp3) is 0.500. The first kappa shape index (κ1) is 15.3. The molecule has 0 bridgehead atoms. The molecule has 4 rings (SSSR count). The molecule has 1 spiro atoms. The Kier molecular flexibility index (Phi) is 4.44. The predicted octanol–water partition coefficient (Wildman–Crippen LogP) is 3.09. The van der Waals surface area contributed by atoms with Crippen LogP contribution in [0, 0.1) is 0 Å². The fourth-order valence-corrected chi connectivity index (χ4v) is 4.32. The SMILES string of the molecule is c1cncc(CO[C@H]2CO[C@]3(CCN(Cc4cccs4)C3)C2)c1. The van der Waals surface area contributed by atoms with Gasteiger partial charge in [-0.15, -0.1) is 11.3 Å². The highest BCUT2D eigenvalue weighted by Gasteiger charge is 2.45. The molecule has 2 aliphatic rings. The molecule has 2 fully saturated rings. The summed E-state index contributed by atoms with van der Waals surface area (Å²) in [7, 11) is 0. The number of aromatic nitrogens is 1. The summed E-state index contributed by atoms with van der Waals surface area (Å²) in [5, 5.41) is 2.15. The quantitative estimate of drug-likeness (QED) is 0.844. The molecule has 0 aromatic carbocycles. The second-order valence-corrected chi connectivity index (χ2v) is 7.56. The monoisotopic (exact) mass is 330 g/mol. The molecule has 4 heterocycles. The number of hydrogen-bond donors (Lipinski definition) is 0. The number of rotatable bonds is 5. The van der Waals surface area contributed by atoms with E-state index in [1.165, 1.54) is 4.88 Å². The zero-order valence-corrected chi connectivity index (χ0v) is 14.0. The van der Waals surface area contributed by atoms with Crippen LogP contribution in [0.3, 0.4) is 0 Å². The molecule has 0 radical (unpaired) electrons. The number of nitrogens with zero attached hydrogens (tertiary/aromatic N) is 2. The summed E-state index contributed by atoms with van der Waals surface area (Å²) < 4.78 is 12.2. The van der Waals surface area contributed by atoms with Crippen molar-refractivity contribution in [3.05, 3.63) is 52.5 Å². The van der Waals surface area contributed by atoms with Gasteiger partial charge in [0.15, 0.2) is 0 Å². The first-order chi connectivity index (χ1) is 11.3. The Morgan fingerprint density at radius 2 is 2.39 bits per heavy atom. The Morgan fingerprint density at radius 3 is 3.22 bits per heavy atom. The number of thiophene rings is 1. The standard InChI is InChI=1S/C18H22N2O2S/c1-3-15(10-19-6-1)12-21-16-9-18(22-13-16)5-7-20(14-18)11-17-4-2-8-23-17/h1-4,6,8,10,16H,5,7,9,11-14H2/t16-,18-/m1/s1. The lowest BCUT2D eigenvalue weighted by Gasteiger charge is -2.23. The molecule has 23 heavy (non-hydrogen) atoms. The average Bonchev–Trinajstić information content (AvgIpc) is 3.31. The van der Waals surface area contributed by atoms with Crippen molar-refractivity contribution in [1.82, 2.24) is 9.88 Å². The molecular formula is C18H22N2O2S. The minimum atomic E-state index is 0.0108. The van der Waals surface area contributed by atoms with Crippen LogP contribution in [0.2, 0.25) is 0 Å². The molecule has 0 saturated carbocycles. The molecule has 0 aliphatic carbocycles. The van der Waals surface area contributed by atoms with Crippen molar-refractivity contribution >= 4 is 11.3 Å². The second kappa shape index (κ2) is 6.69. The average molecular weight is 330 g/mol. The van der Waals surface area contributed by atoms with Gasteiger partial charge in [0.05, 0.1) is 24.9 Å². The fourth-order valence-electron chi connectivity index (χ4n) is 3.58. The molecule has 2 saturated heterocycles. The van der Waals surface area contributed by atoms with Crippen LogP contribution in [0.15, 0.2) is 42.0 Å². The van der Waals surface area contributed by atoms with Gasteiger partial charge in [0.1, 0.15) is 0 Å². The van der Waals surface area contributed by atoms with Crippen LogP contribution in [-0.2, 0) is 22.6 Å². The Bertz CT molecular complexity index is 619. The van der Waals surface area contributed by atoms with E-state index >= 15 is 0 Å². The van der Waals surface area contributed by atoms with Gasteiger partial charge in [-0.1, -0.05) is 12.1 Å². The summed E-state index contributed by atoms with van der Waals surface area (Å²) in [5.74, 6) is 0. The normalized spacial score (nSPS) is 27.9. The van der Waals surface area contributed by atoms with Crippen LogP contribution in [0.5, 0.6) is 0 Å². The van der Waals surface area contributed by atoms with Crippen molar-refractivity contribution in [2.24, 2.45) is 0 Å². The first-order valence-corrected chi connectivity index (χ1v) is 9.09. The van der Waals surface area contributed by atoms with Crippen LogP contribution in [0.1, 0.15) is 23.3 Å². The van der Waals surface area contributed by atoms with Crippen molar-refractivity contribution in [2.45, 2.75) is 37.7 Å². The van der Waals surface area contributed by atoms with Gasteiger partial charge in [0.25, 0.3) is 0 Å². The summed E-state index contributed by atoms with van der Waals surface area (Å²) in [5.41, 5.74) is 1.14. The second-order valence-electron chi connectivity index (χ2n) is 6.53. The zero-order chi connectivity index (χ0) is 15.5. The van der Waals surface area contributed by atoms with E-state index in [2.05, 4.69) is 33.5 Å². The van der Waals surface area contributed by atoms with E-state index in [0.717, 1.165) is 38.0 Å². The number of pyridine rings is 1. The topological polar surface area (TPSA) is 34.6 Å². The van der Waals surface area contributed by atoms with Crippen LogP contribution in [-0.4, -0.2) is 41.3 Å². The van der Waals surface area contributed by atoms with E-state index in [1.807, 2.05) is 23.6 Å². The van der Waals surface area contributed by atoms with E-state index in [9.17, 15) is 0 Å². The van der Waals surface area contributed by atoms with Crippen molar-refractivity contribution in [1.29, 1.82) is 0 Å². The van der Waals surface area contributed by atoms with E-state index in [-0.39, 0.29) is 11.7 Å². The third-order valence-electron chi connectivity index (χ3n) is 4.74. The molecule has 0 N–H and O–H groups in total. The van der Waals surface area contributed by atoms with E-state index in [1.54, 1.807) is 6.20 Å². The summed E-state index contributed by atoms with van der Waals surface area (Å²) in [6, 6.07) is 8.34. The largest absolute Gasteiger partial charge is 0.371 e. The van der Waals surface area contributed by atoms with Gasteiger partial charge in [-0.3, -0.25) is 9.88 Å². The minimum Gasteiger partial charge on any atom is -0.371 e. The first-order valence-electron chi connectivity index (χ1n) is 8.21. The highest BCUT2D eigenvalue weighted by atomic mass is 32.1. The summed E-state index contributed by atoms with van der Waals surface area (Å²) in [4.78, 5) is 8.07. The highest BCUT2D eigenvalue weighted by molar-refractivity contribution is 7.09. The Balaban J connectivity index is 1.28. The van der Waals surface area contributed by atoms with Crippen molar-refractivity contribution in [3.63, 3.8) is 0 Å². The number of ether oxygens (including phenoxy) is 2. The summed E-state index contributed by atoms with van der Waals surface area (Å²) >= 11 is 1.83. The van der Waals surface area contributed by atoms with E-state index in [0.29, 0.717) is 13.2 Å².